The Morgan fingerprint density at radius 3 is 2.32 bits per heavy atom. The monoisotopic (exact) mass is 309 g/mol. The molecule has 0 heterocycles. The highest BCUT2D eigenvalue weighted by Crippen LogP contribution is 2.16. The van der Waals surface area contributed by atoms with Crippen molar-refractivity contribution in [2.75, 3.05) is 38.4 Å². The van der Waals surface area contributed by atoms with Crippen molar-refractivity contribution in [3.63, 3.8) is 0 Å². The topological polar surface area (TPSA) is 56.8 Å². The van der Waals surface area contributed by atoms with E-state index in [1.54, 1.807) is 0 Å². The van der Waals surface area contributed by atoms with Crippen LogP contribution in [-0.4, -0.2) is 44.9 Å². The highest BCUT2D eigenvalue weighted by Gasteiger charge is 1.99. The first-order chi connectivity index (χ1) is 10.6. The third-order valence-corrected chi connectivity index (χ3v) is 2.84. The smallest absolute Gasteiger partial charge is 0.158 e. The normalized spacial score (nSPS) is 10.7. The molecule has 0 amide bonds. The number of benzene rings is 1. The predicted octanol–water partition coefficient (Wildman–Crippen LogP) is 2.90. The highest BCUT2D eigenvalue weighted by atomic mass is 16.5. The van der Waals surface area contributed by atoms with E-state index >= 15 is 0 Å². The molecule has 22 heavy (non-hydrogen) atoms. The molecule has 0 atom stereocenters. The van der Waals surface area contributed by atoms with Crippen LogP contribution >= 0.6 is 0 Å². The molecule has 0 fully saturated rings. The van der Waals surface area contributed by atoms with Crippen LogP contribution in [0.15, 0.2) is 24.3 Å². The molecule has 1 rings (SSSR count). The molecule has 0 aliphatic rings. The van der Waals surface area contributed by atoms with E-state index in [-0.39, 0.29) is 12.4 Å². The van der Waals surface area contributed by atoms with Crippen LogP contribution in [-0.2, 0) is 14.3 Å². The minimum atomic E-state index is 0.110. The van der Waals surface area contributed by atoms with E-state index in [0.29, 0.717) is 38.9 Å². The largest absolute Gasteiger partial charge is 0.491 e. The molecule has 0 aliphatic carbocycles. The maximum absolute atomic E-state index is 11.0. The van der Waals surface area contributed by atoms with E-state index in [2.05, 4.69) is 19.2 Å². The van der Waals surface area contributed by atoms with Crippen LogP contribution in [0.1, 0.15) is 27.2 Å². The Morgan fingerprint density at radius 2 is 1.68 bits per heavy atom. The fraction of sp³-hybridized carbons (Fsp3) is 0.588. The van der Waals surface area contributed by atoms with Crippen LogP contribution in [0.25, 0.3) is 0 Å². The van der Waals surface area contributed by atoms with Crippen molar-refractivity contribution in [3.8, 4) is 5.75 Å². The Balaban J connectivity index is 2.03. The summed E-state index contributed by atoms with van der Waals surface area (Å²) in [5.74, 6) is 0.932. The second-order valence-electron chi connectivity index (χ2n) is 5.23. The average molecular weight is 309 g/mol. The highest BCUT2D eigenvalue weighted by molar-refractivity contribution is 5.79. The Morgan fingerprint density at radius 1 is 1.05 bits per heavy atom. The summed E-state index contributed by atoms with van der Waals surface area (Å²) in [6.07, 6.45) is 0.514. The minimum absolute atomic E-state index is 0.110. The van der Waals surface area contributed by atoms with Gasteiger partial charge in [-0.3, -0.25) is 4.79 Å². The van der Waals surface area contributed by atoms with Gasteiger partial charge in [0.15, 0.2) is 5.78 Å². The van der Waals surface area contributed by atoms with Gasteiger partial charge in [-0.05, 0) is 38.1 Å². The number of carbonyl (C=O) groups is 1. The molecule has 0 bridgehead atoms. The molecule has 0 saturated heterocycles. The van der Waals surface area contributed by atoms with Crippen molar-refractivity contribution in [2.24, 2.45) is 0 Å². The van der Waals surface area contributed by atoms with Gasteiger partial charge in [-0.2, -0.15) is 0 Å². The number of nitrogens with one attached hydrogen (secondary N) is 1. The number of rotatable bonds is 12. The molecule has 0 radical (unpaired) electrons. The first kappa shape index (κ1) is 18.5. The Hall–Kier alpha value is -1.59. The van der Waals surface area contributed by atoms with Crippen molar-refractivity contribution < 1.29 is 19.0 Å². The lowest BCUT2D eigenvalue weighted by molar-refractivity contribution is -0.123. The van der Waals surface area contributed by atoms with E-state index < -0.39 is 0 Å². The quantitative estimate of drug-likeness (QED) is 0.602. The maximum atomic E-state index is 11.0. The Kier molecular flexibility index (Phi) is 9.26. The fourth-order valence-corrected chi connectivity index (χ4v) is 1.71. The summed E-state index contributed by atoms with van der Waals surface area (Å²) in [5.41, 5.74) is 1.08. The summed E-state index contributed by atoms with van der Waals surface area (Å²) < 4.78 is 16.1. The van der Waals surface area contributed by atoms with Crippen molar-refractivity contribution >= 4 is 11.5 Å². The van der Waals surface area contributed by atoms with Crippen LogP contribution in [0, 0.1) is 0 Å². The van der Waals surface area contributed by atoms with Crippen LogP contribution in [0.4, 0.5) is 5.69 Å². The van der Waals surface area contributed by atoms with E-state index in [4.69, 9.17) is 14.2 Å². The van der Waals surface area contributed by atoms with Crippen LogP contribution in [0.3, 0.4) is 0 Å². The zero-order chi connectivity index (χ0) is 16.2. The fourth-order valence-electron chi connectivity index (χ4n) is 1.71. The second-order valence-corrected chi connectivity index (χ2v) is 5.23. The third kappa shape index (κ3) is 8.64. The van der Waals surface area contributed by atoms with E-state index in [0.717, 1.165) is 11.4 Å². The summed E-state index contributed by atoms with van der Waals surface area (Å²) in [5, 5.41) is 3.32. The summed E-state index contributed by atoms with van der Waals surface area (Å²) in [7, 11) is 0. The van der Waals surface area contributed by atoms with Crippen LogP contribution in [0.2, 0.25) is 0 Å². The van der Waals surface area contributed by atoms with Gasteiger partial charge in [0.1, 0.15) is 19.0 Å². The summed E-state index contributed by atoms with van der Waals surface area (Å²) in [4.78, 5) is 11.0. The van der Waals surface area contributed by atoms with Crippen molar-refractivity contribution in [3.05, 3.63) is 24.3 Å². The zero-order valence-corrected chi connectivity index (χ0v) is 13.8. The summed E-state index contributed by atoms with van der Waals surface area (Å²) >= 11 is 0. The summed E-state index contributed by atoms with van der Waals surface area (Å²) in [6.45, 7) is 8.09. The second kappa shape index (κ2) is 11.0. The number of hydrogen-bond donors (Lipinski definition) is 1. The molecule has 0 aromatic heterocycles. The molecule has 0 saturated carbocycles. The third-order valence-electron chi connectivity index (χ3n) is 2.84. The van der Waals surface area contributed by atoms with Gasteiger partial charge in [-0.1, -0.05) is 6.92 Å². The number of anilines is 1. The van der Waals surface area contributed by atoms with Gasteiger partial charge in [0.05, 0.1) is 19.8 Å². The van der Waals surface area contributed by atoms with Gasteiger partial charge in [0, 0.05) is 18.2 Å². The Bertz CT molecular complexity index is 417. The van der Waals surface area contributed by atoms with Crippen molar-refractivity contribution in [1.29, 1.82) is 0 Å². The van der Waals surface area contributed by atoms with Gasteiger partial charge in [0.25, 0.3) is 0 Å². The molecule has 1 N–H and O–H groups in total. The molecule has 1 aromatic carbocycles. The minimum Gasteiger partial charge on any atom is -0.491 e. The average Bonchev–Trinajstić information content (AvgIpc) is 2.50. The number of carbonyl (C=O) groups excluding carboxylic acids is 1. The van der Waals surface area contributed by atoms with Gasteiger partial charge in [-0.25, -0.2) is 0 Å². The molecule has 0 spiro atoms. The number of Topliss-reactive ketones (excluding diaryl/α,β-unsaturated/α-hetero) is 1. The lowest BCUT2D eigenvalue weighted by Gasteiger charge is -2.11. The maximum Gasteiger partial charge on any atom is 0.158 e. The standard InChI is InChI=1S/C17H27NO4/c1-4-16(19)13-21-10-9-20-11-12-22-17-7-5-15(6-8-17)18-14(2)3/h5-8,14,18H,4,9-13H2,1-3H3. The molecule has 5 heteroatoms. The molecule has 1 aromatic rings. The van der Waals surface area contributed by atoms with Gasteiger partial charge in [-0.15, -0.1) is 0 Å². The van der Waals surface area contributed by atoms with Crippen molar-refractivity contribution in [2.45, 2.75) is 33.2 Å². The Labute approximate surface area is 132 Å². The molecule has 5 nitrogen and oxygen atoms in total. The van der Waals surface area contributed by atoms with E-state index in [1.807, 2.05) is 31.2 Å². The summed E-state index contributed by atoms with van der Waals surface area (Å²) in [6, 6.07) is 8.27. The lowest BCUT2D eigenvalue weighted by atomic mass is 10.3. The predicted molar refractivity (Wildman–Crippen MR) is 87.6 cm³/mol. The molecule has 0 aliphatic heterocycles. The number of hydrogen-bond acceptors (Lipinski definition) is 5. The molecular weight excluding hydrogens is 282 g/mol. The van der Waals surface area contributed by atoms with E-state index in [1.165, 1.54) is 0 Å². The first-order valence-electron chi connectivity index (χ1n) is 7.78. The molecular formula is C17H27NO4. The molecule has 0 unspecified atom stereocenters. The van der Waals surface area contributed by atoms with Gasteiger partial charge in [0.2, 0.25) is 0 Å². The van der Waals surface area contributed by atoms with Crippen molar-refractivity contribution in [1.82, 2.24) is 0 Å². The first-order valence-corrected chi connectivity index (χ1v) is 7.78. The number of ketones is 1. The SMILES string of the molecule is CCC(=O)COCCOCCOc1ccc(NC(C)C)cc1. The van der Waals surface area contributed by atoms with Gasteiger partial charge >= 0.3 is 0 Å². The zero-order valence-electron chi connectivity index (χ0n) is 13.8. The van der Waals surface area contributed by atoms with Crippen LogP contribution in [0.5, 0.6) is 5.75 Å². The lowest BCUT2D eigenvalue weighted by Crippen LogP contribution is -2.14. The number of ether oxygens (including phenoxy) is 3. The van der Waals surface area contributed by atoms with Crippen LogP contribution < -0.4 is 10.1 Å². The van der Waals surface area contributed by atoms with E-state index in [9.17, 15) is 4.79 Å². The molecule has 124 valence electrons. The van der Waals surface area contributed by atoms with Gasteiger partial charge < -0.3 is 19.5 Å².